The van der Waals surface area contributed by atoms with Crippen LogP contribution in [0.2, 0.25) is 0 Å². The van der Waals surface area contributed by atoms with Crippen molar-refractivity contribution in [1.29, 1.82) is 0 Å². The number of anilines is 1. The second-order valence-electron chi connectivity index (χ2n) is 2.67. The zero-order valence-electron chi connectivity index (χ0n) is 6.70. The topological polar surface area (TPSA) is 38.3 Å². The first-order valence-electron chi connectivity index (χ1n) is 3.75. The van der Waals surface area contributed by atoms with Crippen LogP contribution in [0.4, 0.5) is 5.69 Å². The molecule has 2 rings (SSSR count). The fourth-order valence-corrected chi connectivity index (χ4v) is 1.34. The van der Waals surface area contributed by atoms with E-state index in [2.05, 4.69) is 5.32 Å². The standard InChI is InChI=1S/C9H9NO2/c1-12-9-8(11)6-4-2-3-5-7(6)10-9/h2-5,9-10H,1H3. The van der Waals surface area contributed by atoms with Gasteiger partial charge in [0.2, 0.25) is 5.78 Å². The lowest BCUT2D eigenvalue weighted by Gasteiger charge is -2.05. The van der Waals surface area contributed by atoms with E-state index in [0.717, 1.165) is 5.69 Å². The van der Waals surface area contributed by atoms with Crippen LogP contribution >= 0.6 is 0 Å². The molecule has 1 unspecified atom stereocenters. The second-order valence-corrected chi connectivity index (χ2v) is 2.67. The number of hydrogen-bond donors (Lipinski definition) is 1. The van der Waals surface area contributed by atoms with Crippen LogP contribution in [-0.4, -0.2) is 19.1 Å². The van der Waals surface area contributed by atoms with Gasteiger partial charge in [0.1, 0.15) is 0 Å². The fourth-order valence-electron chi connectivity index (χ4n) is 1.34. The molecule has 1 atom stereocenters. The molecule has 0 bridgehead atoms. The molecule has 1 aromatic rings. The smallest absolute Gasteiger partial charge is 0.214 e. The van der Waals surface area contributed by atoms with Gasteiger partial charge < -0.3 is 10.1 Å². The quantitative estimate of drug-likeness (QED) is 0.677. The minimum Gasteiger partial charge on any atom is -0.354 e. The lowest BCUT2D eigenvalue weighted by atomic mass is 10.1. The number of rotatable bonds is 1. The molecule has 0 saturated heterocycles. The molecule has 0 radical (unpaired) electrons. The predicted molar refractivity (Wildman–Crippen MR) is 45.2 cm³/mol. The van der Waals surface area contributed by atoms with Gasteiger partial charge in [0.05, 0.1) is 0 Å². The SMILES string of the molecule is COC1Nc2ccccc2C1=O. The van der Waals surface area contributed by atoms with Crippen LogP contribution in [0.1, 0.15) is 10.4 Å². The molecule has 0 fully saturated rings. The Bertz CT molecular complexity index is 322. The van der Waals surface area contributed by atoms with Crippen LogP contribution in [0.15, 0.2) is 24.3 Å². The maximum Gasteiger partial charge on any atom is 0.214 e. The molecule has 0 amide bonds. The van der Waals surface area contributed by atoms with Gasteiger partial charge in [0.15, 0.2) is 6.23 Å². The molecule has 1 aromatic carbocycles. The fraction of sp³-hybridized carbons (Fsp3) is 0.222. The van der Waals surface area contributed by atoms with Gasteiger partial charge in [0.25, 0.3) is 0 Å². The molecule has 3 nitrogen and oxygen atoms in total. The number of hydrogen-bond acceptors (Lipinski definition) is 3. The minimum absolute atomic E-state index is 0.00750. The molecule has 0 aromatic heterocycles. The number of para-hydroxylation sites is 1. The van der Waals surface area contributed by atoms with Gasteiger partial charge in [-0.05, 0) is 12.1 Å². The number of fused-ring (bicyclic) bond motifs is 1. The van der Waals surface area contributed by atoms with E-state index in [1.807, 2.05) is 18.2 Å². The van der Waals surface area contributed by atoms with Crippen LogP contribution in [0.3, 0.4) is 0 Å². The van der Waals surface area contributed by atoms with Crippen LogP contribution in [-0.2, 0) is 4.74 Å². The second kappa shape index (κ2) is 2.60. The van der Waals surface area contributed by atoms with Crippen LogP contribution < -0.4 is 5.32 Å². The summed E-state index contributed by atoms with van der Waals surface area (Å²) < 4.78 is 4.95. The largest absolute Gasteiger partial charge is 0.354 e. The van der Waals surface area contributed by atoms with E-state index in [9.17, 15) is 4.79 Å². The van der Waals surface area contributed by atoms with Crippen molar-refractivity contribution >= 4 is 11.5 Å². The summed E-state index contributed by atoms with van der Waals surface area (Å²) >= 11 is 0. The molecule has 0 spiro atoms. The van der Waals surface area contributed by atoms with Gasteiger partial charge in [-0.3, -0.25) is 4.79 Å². The van der Waals surface area contributed by atoms with Gasteiger partial charge in [-0.15, -0.1) is 0 Å². The number of benzene rings is 1. The van der Waals surface area contributed by atoms with E-state index in [4.69, 9.17) is 4.74 Å². The molecule has 1 heterocycles. The number of methoxy groups -OCH3 is 1. The van der Waals surface area contributed by atoms with Crippen molar-refractivity contribution in [3.8, 4) is 0 Å². The normalized spacial score (nSPS) is 20.4. The summed E-state index contributed by atoms with van der Waals surface area (Å²) in [6, 6.07) is 7.39. The van der Waals surface area contributed by atoms with Gasteiger partial charge in [0, 0.05) is 18.4 Å². The highest BCUT2D eigenvalue weighted by atomic mass is 16.5. The van der Waals surface area contributed by atoms with Crippen LogP contribution in [0, 0.1) is 0 Å². The van der Waals surface area contributed by atoms with Gasteiger partial charge in [-0.2, -0.15) is 0 Å². The van der Waals surface area contributed by atoms with Crippen molar-refractivity contribution in [2.45, 2.75) is 6.23 Å². The Hall–Kier alpha value is -1.35. The van der Waals surface area contributed by atoms with Crippen molar-refractivity contribution in [2.24, 2.45) is 0 Å². The summed E-state index contributed by atoms with van der Waals surface area (Å²) in [5, 5.41) is 2.96. The van der Waals surface area contributed by atoms with Crippen molar-refractivity contribution < 1.29 is 9.53 Å². The number of nitrogens with one attached hydrogen (secondary N) is 1. The molecule has 12 heavy (non-hydrogen) atoms. The highest BCUT2D eigenvalue weighted by Gasteiger charge is 2.28. The Balaban J connectivity index is 2.42. The van der Waals surface area contributed by atoms with Gasteiger partial charge in [-0.1, -0.05) is 12.1 Å². The third-order valence-electron chi connectivity index (χ3n) is 1.95. The summed E-state index contributed by atoms with van der Waals surface area (Å²) in [4.78, 5) is 11.4. The van der Waals surface area contributed by atoms with E-state index in [-0.39, 0.29) is 5.78 Å². The van der Waals surface area contributed by atoms with E-state index < -0.39 is 6.23 Å². The minimum atomic E-state index is -0.498. The van der Waals surface area contributed by atoms with Crippen LogP contribution in [0.25, 0.3) is 0 Å². The zero-order valence-corrected chi connectivity index (χ0v) is 6.70. The molecule has 1 aliphatic rings. The first kappa shape index (κ1) is 7.31. The summed E-state index contributed by atoms with van der Waals surface area (Å²) in [6.45, 7) is 0. The first-order valence-corrected chi connectivity index (χ1v) is 3.75. The number of Topliss-reactive ketones (excluding diaryl/α,β-unsaturated/α-hetero) is 1. The molecular formula is C9H9NO2. The first-order chi connectivity index (χ1) is 5.83. The molecule has 0 aliphatic carbocycles. The average molecular weight is 163 g/mol. The molecule has 1 N–H and O–H groups in total. The van der Waals surface area contributed by atoms with E-state index >= 15 is 0 Å². The highest BCUT2D eigenvalue weighted by molar-refractivity contribution is 6.09. The molecule has 3 heteroatoms. The van der Waals surface area contributed by atoms with Crippen molar-refractivity contribution in [1.82, 2.24) is 0 Å². The number of ketones is 1. The van der Waals surface area contributed by atoms with Gasteiger partial charge in [-0.25, -0.2) is 0 Å². The maximum atomic E-state index is 11.4. The third kappa shape index (κ3) is 0.905. The zero-order chi connectivity index (χ0) is 8.55. The van der Waals surface area contributed by atoms with Crippen LogP contribution in [0.5, 0.6) is 0 Å². The summed E-state index contributed by atoms with van der Waals surface area (Å²) in [6.07, 6.45) is -0.498. The lowest BCUT2D eigenvalue weighted by Crippen LogP contribution is -2.23. The van der Waals surface area contributed by atoms with E-state index in [1.54, 1.807) is 6.07 Å². The van der Waals surface area contributed by atoms with Crippen molar-refractivity contribution in [3.63, 3.8) is 0 Å². The Morgan fingerprint density at radius 3 is 2.83 bits per heavy atom. The summed E-state index contributed by atoms with van der Waals surface area (Å²) in [5.74, 6) is 0.00750. The number of carbonyl (C=O) groups excluding carboxylic acids is 1. The van der Waals surface area contributed by atoms with Crippen molar-refractivity contribution in [3.05, 3.63) is 29.8 Å². The molecule has 0 saturated carbocycles. The molecule has 1 aliphatic heterocycles. The molecular weight excluding hydrogens is 154 g/mol. The van der Waals surface area contributed by atoms with E-state index in [0.29, 0.717) is 5.56 Å². The molecule has 62 valence electrons. The summed E-state index contributed by atoms with van der Waals surface area (Å²) in [7, 11) is 1.52. The van der Waals surface area contributed by atoms with E-state index in [1.165, 1.54) is 7.11 Å². The Morgan fingerprint density at radius 1 is 1.42 bits per heavy atom. The van der Waals surface area contributed by atoms with Gasteiger partial charge >= 0.3 is 0 Å². The number of ether oxygens (including phenoxy) is 1. The Labute approximate surface area is 70.3 Å². The predicted octanol–water partition coefficient (Wildman–Crippen LogP) is 1.27. The summed E-state index contributed by atoms with van der Waals surface area (Å²) in [5.41, 5.74) is 1.57. The number of carbonyl (C=O) groups is 1. The Morgan fingerprint density at radius 2 is 2.17 bits per heavy atom. The average Bonchev–Trinajstić information content (AvgIpc) is 2.44. The monoisotopic (exact) mass is 163 g/mol. The lowest BCUT2D eigenvalue weighted by molar-refractivity contribution is 0.0703. The van der Waals surface area contributed by atoms with Crippen molar-refractivity contribution in [2.75, 3.05) is 12.4 Å². The Kier molecular flexibility index (Phi) is 1.59. The third-order valence-corrected chi connectivity index (χ3v) is 1.95. The maximum absolute atomic E-state index is 11.4. The highest BCUT2D eigenvalue weighted by Crippen LogP contribution is 2.24.